The number of ketones is 3. The standard InChI is InChI=1S/C29H35NO5.C24H35N3O5S.C22H30N4O5S.C9H16O2.H2O9.H2O8.H2O7.H2O6/c1-5-6-7-12-21(17-20(4)31)35-28(32)27(19(2)3)30-29(33)34-18-26-24-15-10-8-13-22(24)23-14-9-11-16-25(23)26;1-7-9-10-11-17(12-16(5)28)32-22(29)20(15(3)4)26-23(30)24(6)14-33-21(27-24)18-13-31-19(8-2)25-18;1-5-6-7-8-14-9-16(27)23-10-17-24-15(11-30-17)19-26-22(4,12-32-19)21(29)25-18(13(2)3)20(28)31-14;1-3-4-5-6-9(11)7-8(2)10;1-3-5-7-9-8-6-4-2;1-3-5-7-8-6-4-2;1-3-5-7-6-4-2;1-3-5-6-4-2/h7-16,19,21,26-27H,5-6,17-18H2,1-4H3,(H,30,33);10-11,13,15,17,20H,7-9,12,14H2,1-6H3,(H,26,30);7-8,11,13-14,18H,5-6,9-10,12H2,1-4H3,(H,23,27)(H,25,29);5-6,9,11H,3-4,7H2,1-2H3;1-2H;1-2H;1-2H;1-2H/b12-7+;11-10+;8-7+;6-5+;;;;/t21-,27+;17-,20+,24+;14-,18+,22+;9-;;;;/m1111..../s1. The number of carbonyl (C=O) groups is 10. The number of unbranched alkanes of at least 4 members (excludes halogenated alkanes) is 4. The Balaban J connectivity index is 0.000000880. The Morgan fingerprint density at radius 3 is 1.40 bits per heavy atom. The van der Waals surface area contributed by atoms with Crippen LogP contribution in [0.15, 0.2) is 128 Å². The fraction of sp³-hybridized carbons (Fsp3) is 0.548. The number of fused-ring (bicyclic) bond motifs is 7. The Morgan fingerprint density at radius 1 is 0.532 bits per heavy atom. The molecule has 2 aromatic carbocycles. The van der Waals surface area contributed by atoms with Gasteiger partial charge in [0.25, 0.3) is 0 Å². The van der Waals surface area contributed by atoms with E-state index in [0.717, 1.165) is 73.6 Å². The van der Waals surface area contributed by atoms with Crippen LogP contribution >= 0.6 is 23.5 Å². The number of aliphatic imine (C=N–C) groups is 2. The molecular formula is C84H124N8O47S2. The smallest absolute Gasteiger partial charge is 0.407 e. The molecule has 0 spiro atoms. The fourth-order valence-corrected chi connectivity index (χ4v) is 14.0. The van der Waals surface area contributed by atoms with Crippen molar-refractivity contribution in [3.05, 3.63) is 144 Å². The number of hydrogen-bond acceptors (Lipinski definition) is 53. The summed E-state index contributed by atoms with van der Waals surface area (Å²) in [6, 6.07) is 13.6. The number of alkyl carbamates (subject to hydrolysis) is 1. The largest absolute Gasteiger partial charge is 0.456 e. The highest BCUT2D eigenvalue weighted by Crippen LogP contribution is 2.45. The highest BCUT2D eigenvalue weighted by atomic mass is 32.2. The van der Waals surface area contributed by atoms with Gasteiger partial charge in [-0.3, -0.25) is 38.8 Å². The van der Waals surface area contributed by atoms with Gasteiger partial charge in [-0.2, -0.15) is 0 Å². The molecule has 2 aromatic heterocycles. The fourth-order valence-electron chi connectivity index (χ4n) is 11.7. The van der Waals surface area contributed by atoms with E-state index in [1.807, 2.05) is 118 Å². The quantitative estimate of drug-likeness (QED) is 0.00488. The number of rotatable bonds is 50. The summed E-state index contributed by atoms with van der Waals surface area (Å²) >= 11 is 2.83. The van der Waals surface area contributed by atoms with Crippen molar-refractivity contribution in [3.63, 3.8) is 0 Å². The summed E-state index contributed by atoms with van der Waals surface area (Å²) in [7, 11) is 0. The SMILES string of the molecule is CCC/C=C/[C@@H](O)CC(C)=O.CCC/C=C/[C@@H]1CC(=O)NCc2nc(co2)C2=N[C@@](C)(CS2)C(=O)N[C@@H](C(C)C)C(=O)O1.CCC/C=C/[C@H](CC(C)=O)OC(=O)[C@@H](NC(=O)OCC1c2ccccc2-c2ccccc21)C(C)C.CCC/C=C/[C@H](CC(C)=O)OC(=O)[C@@H](NC(=O)[C@]1(C)CSC(c2coc(CC)n2)=N1)C(C)C.OOOOOO.OOOOOOO.OOOOOOOO.OOOOOOOOO. The maximum Gasteiger partial charge on any atom is 0.407 e. The Bertz CT molecular complexity index is 4380. The molecule has 3 aliphatic heterocycles. The Kier molecular flexibility index (Phi) is 69.8. The van der Waals surface area contributed by atoms with Gasteiger partial charge < -0.3 is 54.2 Å². The lowest BCUT2D eigenvalue weighted by Gasteiger charge is -2.27. The number of oxazole rings is 2. The molecule has 0 radical (unpaired) electrons. The number of aliphatic hydroxyl groups excluding tert-OH is 1. The van der Waals surface area contributed by atoms with Gasteiger partial charge >= 0.3 is 24.0 Å². The number of thioether (sulfide) groups is 2. The Hall–Kier alpha value is -10.3. The highest BCUT2D eigenvalue weighted by molar-refractivity contribution is 8.15. The first kappa shape index (κ1) is 129. The lowest BCUT2D eigenvalue weighted by Crippen LogP contribution is -2.53. The average Bonchev–Trinajstić information content (AvgIpc) is 1.61. The summed E-state index contributed by atoms with van der Waals surface area (Å²) in [6.45, 7) is 29.2. The number of Topliss-reactive ketones (excluding diaryl/α,β-unsaturated/α-hetero) is 3. The maximum atomic E-state index is 13.1. The van der Waals surface area contributed by atoms with Gasteiger partial charge in [0.1, 0.15) is 105 Å². The van der Waals surface area contributed by atoms with Crippen molar-refractivity contribution in [3.8, 4) is 11.1 Å². The van der Waals surface area contributed by atoms with E-state index in [-0.39, 0.29) is 97.6 Å². The van der Waals surface area contributed by atoms with E-state index >= 15 is 0 Å². The number of aromatic nitrogens is 2. The Morgan fingerprint density at radius 2 is 0.950 bits per heavy atom. The highest BCUT2D eigenvalue weighted by Gasteiger charge is 2.44. The van der Waals surface area contributed by atoms with Crippen LogP contribution < -0.4 is 21.3 Å². The molecule has 0 saturated carbocycles. The molecule has 0 fully saturated rings. The minimum atomic E-state index is -1.04. The van der Waals surface area contributed by atoms with Crippen molar-refractivity contribution < 1.29 is 234 Å². The van der Waals surface area contributed by atoms with E-state index in [9.17, 15) is 47.9 Å². The van der Waals surface area contributed by atoms with Crippen molar-refractivity contribution in [2.24, 2.45) is 27.7 Å². The van der Waals surface area contributed by atoms with Crippen LogP contribution in [0.4, 0.5) is 4.79 Å². The van der Waals surface area contributed by atoms with E-state index in [1.165, 1.54) is 50.6 Å². The molecule has 0 saturated heterocycles. The molecule has 4 bridgehead atoms. The third kappa shape index (κ3) is 54.1. The first-order chi connectivity index (χ1) is 67.4. The van der Waals surface area contributed by atoms with Gasteiger partial charge in [0.15, 0.2) is 5.89 Å². The molecule has 4 aliphatic rings. The lowest BCUT2D eigenvalue weighted by atomic mass is 9.98. The van der Waals surface area contributed by atoms with Crippen LogP contribution in [0, 0.1) is 17.8 Å². The zero-order valence-electron chi connectivity index (χ0n) is 79.9. The lowest BCUT2D eigenvalue weighted by molar-refractivity contribution is -0.828. The molecule has 55 nitrogen and oxygen atoms in total. The van der Waals surface area contributed by atoms with Crippen LogP contribution in [-0.4, -0.2) is 198 Å². The minimum absolute atomic E-state index is 0.0265. The van der Waals surface area contributed by atoms with E-state index in [2.05, 4.69) is 183 Å². The first-order valence-electron chi connectivity index (χ1n) is 43.0. The van der Waals surface area contributed by atoms with Gasteiger partial charge in [0, 0.05) is 43.1 Å². The number of aryl methyl sites for hydroxylation is 1. The molecule has 794 valence electrons. The molecular weight excluding hydrogens is 1940 g/mol. The third-order valence-electron chi connectivity index (χ3n) is 18.3. The predicted molar refractivity (Wildman–Crippen MR) is 477 cm³/mol. The predicted octanol–water partition coefficient (Wildman–Crippen LogP) is 12.3. The first-order valence-corrected chi connectivity index (χ1v) is 45.0. The van der Waals surface area contributed by atoms with Crippen LogP contribution in [-0.2, 0) is 186 Å². The number of benzene rings is 2. The van der Waals surface area contributed by atoms with Gasteiger partial charge in [-0.25, -0.2) is 71.2 Å². The van der Waals surface area contributed by atoms with E-state index in [4.69, 9.17) is 74.9 Å². The van der Waals surface area contributed by atoms with Crippen LogP contribution in [0.3, 0.4) is 0 Å². The van der Waals surface area contributed by atoms with Crippen LogP contribution in [0.1, 0.15) is 228 Å². The summed E-state index contributed by atoms with van der Waals surface area (Å²) < 4.78 is 33.3. The number of esters is 3. The molecule has 4 amide bonds. The summed E-state index contributed by atoms with van der Waals surface area (Å²) in [5.41, 5.74) is 3.57. The van der Waals surface area contributed by atoms with Crippen molar-refractivity contribution in [1.29, 1.82) is 0 Å². The van der Waals surface area contributed by atoms with Crippen molar-refractivity contribution >= 4 is 92.7 Å². The van der Waals surface area contributed by atoms with E-state index in [0.29, 0.717) is 51.2 Å². The van der Waals surface area contributed by atoms with Crippen LogP contribution in [0.2, 0.25) is 0 Å². The molecule has 13 N–H and O–H groups in total. The summed E-state index contributed by atoms with van der Waals surface area (Å²) in [5.74, 6) is -1.79. The van der Waals surface area contributed by atoms with Gasteiger partial charge in [-0.1, -0.05) is 181 Å². The second-order valence-electron chi connectivity index (χ2n) is 30.8. The third-order valence-corrected chi connectivity index (χ3v) is 20.9. The number of allylic oxidation sites excluding steroid dienone is 4. The molecule has 0 unspecified atom stereocenters. The van der Waals surface area contributed by atoms with Gasteiger partial charge in [0.05, 0.1) is 19.1 Å². The summed E-state index contributed by atoms with van der Waals surface area (Å²) in [4.78, 5) is 142. The van der Waals surface area contributed by atoms with Gasteiger partial charge in [-0.05, 0) is 229 Å². The number of carbonyl (C=O) groups excluding carboxylic acids is 10. The monoisotopic (exact) mass is 2060 g/mol. The Labute approximate surface area is 815 Å². The zero-order valence-corrected chi connectivity index (χ0v) is 81.5. The molecule has 141 heavy (non-hydrogen) atoms. The van der Waals surface area contributed by atoms with Gasteiger partial charge in [0.2, 0.25) is 23.6 Å². The average molecular weight is 2060 g/mol. The van der Waals surface area contributed by atoms with E-state index in [1.54, 1.807) is 44.4 Å². The van der Waals surface area contributed by atoms with Crippen LogP contribution in [0.25, 0.3) is 11.1 Å². The normalized spacial score (nSPS) is 17.5. The van der Waals surface area contributed by atoms with Crippen LogP contribution in [0.5, 0.6) is 0 Å². The molecule has 1 aliphatic carbocycles. The van der Waals surface area contributed by atoms with E-state index < -0.39 is 77.6 Å². The number of amides is 4. The molecule has 9 atom stereocenters. The second kappa shape index (κ2) is 76.4. The molecule has 57 heteroatoms. The number of nitrogens with zero attached hydrogens (tertiary/aromatic N) is 4. The number of ether oxygens (including phenoxy) is 4. The molecule has 4 aromatic rings. The van der Waals surface area contributed by atoms with Gasteiger partial charge in [-0.15, -0.1) is 23.5 Å². The molecule has 5 heterocycles. The number of aliphatic hydroxyl groups is 1. The van der Waals surface area contributed by atoms with Crippen molar-refractivity contribution in [2.75, 3.05) is 18.1 Å². The summed E-state index contributed by atoms with van der Waals surface area (Å²) in [6.07, 6.45) is 22.6. The second-order valence-corrected chi connectivity index (χ2v) is 32.7. The van der Waals surface area contributed by atoms with Crippen molar-refractivity contribution in [2.45, 2.75) is 260 Å². The van der Waals surface area contributed by atoms with Crippen molar-refractivity contribution in [1.82, 2.24) is 31.2 Å². The number of cyclic esters (lactones) is 1. The molecule has 8 rings (SSSR count). The number of hydrogen-bond donors (Lipinski definition) is 13. The topological polar surface area (TPSA) is 718 Å². The zero-order chi connectivity index (χ0) is 106. The number of nitrogens with one attached hydrogen (secondary N) is 4. The minimum Gasteiger partial charge on any atom is -0.456 e. The maximum absolute atomic E-state index is 13.1. The summed E-state index contributed by atoms with van der Waals surface area (Å²) in [5, 5.41) is 146.